The van der Waals surface area contributed by atoms with Gasteiger partial charge < -0.3 is 15.4 Å². The number of benzene rings is 1. The van der Waals surface area contributed by atoms with Crippen molar-refractivity contribution in [2.75, 3.05) is 16.4 Å². The smallest absolute Gasteiger partial charge is 0.406 e. The zero-order valence-corrected chi connectivity index (χ0v) is 16.6. The molecule has 7 nitrogen and oxygen atoms in total. The number of aromatic nitrogens is 2. The van der Waals surface area contributed by atoms with Crippen molar-refractivity contribution in [3.8, 4) is 5.75 Å². The largest absolute Gasteiger partial charge is 0.573 e. The summed E-state index contributed by atoms with van der Waals surface area (Å²) in [4.78, 5) is 24.5. The third kappa shape index (κ3) is 6.74. The van der Waals surface area contributed by atoms with Crippen LogP contribution >= 0.6 is 23.1 Å². The molecule has 2 amide bonds. The van der Waals surface area contributed by atoms with Gasteiger partial charge in [-0.15, -0.1) is 34.7 Å². The summed E-state index contributed by atoms with van der Waals surface area (Å²) < 4.78 is 40.2. The zero-order chi connectivity index (χ0) is 21.6. The lowest BCUT2D eigenvalue weighted by Crippen LogP contribution is -2.17. The number of hydrogen-bond donors (Lipinski definition) is 2. The van der Waals surface area contributed by atoms with Gasteiger partial charge in [0.15, 0.2) is 5.82 Å². The molecule has 0 aliphatic carbocycles. The number of carbonyl (C=O) groups is 2. The number of nitrogens with one attached hydrogen (secondary N) is 2. The topological polar surface area (TPSA) is 93.2 Å². The minimum atomic E-state index is -4.77. The lowest BCUT2D eigenvalue weighted by molar-refractivity contribution is -0.274. The molecule has 12 heteroatoms. The number of carbonyl (C=O) groups excluding carboxylic acids is 2. The summed E-state index contributed by atoms with van der Waals surface area (Å²) in [5.74, 6) is -0.747. The Kier molecular flexibility index (Phi) is 6.90. The molecule has 0 saturated heterocycles. The highest BCUT2D eigenvalue weighted by atomic mass is 32.2. The van der Waals surface area contributed by atoms with Crippen molar-refractivity contribution in [2.45, 2.75) is 11.4 Å². The van der Waals surface area contributed by atoms with Gasteiger partial charge >= 0.3 is 6.36 Å². The van der Waals surface area contributed by atoms with Gasteiger partial charge in [-0.25, -0.2) is 0 Å². The van der Waals surface area contributed by atoms with E-state index in [0.717, 1.165) is 23.9 Å². The molecule has 1 aromatic carbocycles. The summed E-state index contributed by atoms with van der Waals surface area (Å²) in [6.45, 7) is 0. The van der Waals surface area contributed by atoms with Gasteiger partial charge in [0.05, 0.1) is 10.6 Å². The van der Waals surface area contributed by atoms with Gasteiger partial charge in [0.2, 0.25) is 5.91 Å². The Balaban J connectivity index is 1.46. The quantitative estimate of drug-likeness (QED) is 0.514. The molecule has 156 valence electrons. The summed E-state index contributed by atoms with van der Waals surface area (Å²) in [5, 5.41) is 15.3. The molecule has 0 atom stereocenters. The summed E-state index contributed by atoms with van der Waals surface area (Å²) in [6.07, 6.45) is -4.77. The number of nitrogens with zero attached hydrogens (tertiary/aromatic N) is 2. The number of halogens is 3. The van der Waals surface area contributed by atoms with Gasteiger partial charge in [-0.3, -0.25) is 9.59 Å². The highest BCUT2D eigenvalue weighted by Crippen LogP contribution is 2.24. The van der Waals surface area contributed by atoms with E-state index < -0.39 is 6.36 Å². The van der Waals surface area contributed by atoms with Gasteiger partial charge in [-0.05, 0) is 47.8 Å². The van der Waals surface area contributed by atoms with Crippen molar-refractivity contribution in [1.29, 1.82) is 0 Å². The normalized spacial score (nSPS) is 11.0. The van der Waals surface area contributed by atoms with Gasteiger partial charge in [-0.1, -0.05) is 17.8 Å². The number of alkyl halides is 3. The van der Waals surface area contributed by atoms with E-state index in [0.29, 0.717) is 15.6 Å². The fourth-order valence-corrected chi connectivity index (χ4v) is 3.36. The summed E-state index contributed by atoms with van der Waals surface area (Å²) in [6, 6.07) is 11.4. The van der Waals surface area contributed by atoms with Crippen LogP contribution in [0.3, 0.4) is 0 Å². The maximum atomic E-state index is 12.1. The van der Waals surface area contributed by atoms with Gasteiger partial charge in [-0.2, -0.15) is 0 Å². The Morgan fingerprint density at radius 3 is 2.40 bits per heavy atom. The molecular formula is C18H13F3N4O3S2. The predicted molar refractivity (Wildman–Crippen MR) is 107 cm³/mol. The highest BCUT2D eigenvalue weighted by Gasteiger charge is 2.30. The van der Waals surface area contributed by atoms with Crippen LogP contribution in [-0.2, 0) is 4.79 Å². The first-order valence-electron chi connectivity index (χ1n) is 8.25. The van der Waals surface area contributed by atoms with Crippen molar-refractivity contribution in [3.63, 3.8) is 0 Å². The molecule has 0 bridgehead atoms. The van der Waals surface area contributed by atoms with Crippen LogP contribution < -0.4 is 15.4 Å². The highest BCUT2D eigenvalue weighted by molar-refractivity contribution is 7.99. The maximum Gasteiger partial charge on any atom is 0.573 e. The number of thioether (sulfide) groups is 1. The first-order chi connectivity index (χ1) is 14.3. The van der Waals surface area contributed by atoms with Crippen LogP contribution in [0, 0.1) is 0 Å². The second-order valence-electron chi connectivity index (χ2n) is 5.60. The van der Waals surface area contributed by atoms with Gasteiger partial charge in [0.25, 0.3) is 5.91 Å². The Hall–Kier alpha value is -3.12. The number of anilines is 2. The lowest BCUT2D eigenvalue weighted by Gasteiger charge is -2.10. The van der Waals surface area contributed by atoms with E-state index in [4.69, 9.17) is 0 Å². The van der Waals surface area contributed by atoms with Crippen molar-refractivity contribution in [3.05, 3.63) is 58.8 Å². The van der Waals surface area contributed by atoms with E-state index in [1.807, 2.05) is 0 Å². The molecule has 3 rings (SSSR count). The molecule has 2 N–H and O–H groups in total. The fraction of sp³-hybridized carbons (Fsp3) is 0.111. The van der Waals surface area contributed by atoms with Crippen LogP contribution in [0.4, 0.5) is 24.7 Å². The second kappa shape index (κ2) is 9.59. The predicted octanol–water partition coefficient (Wildman–Crippen LogP) is 4.42. The third-order valence-electron chi connectivity index (χ3n) is 3.35. The Morgan fingerprint density at radius 1 is 1.03 bits per heavy atom. The molecule has 0 aliphatic rings. The van der Waals surface area contributed by atoms with E-state index in [-0.39, 0.29) is 29.1 Å². The van der Waals surface area contributed by atoms with Crippen LogP contribution in [0.25, 0.3) is 0 Å². The minimum absolute atomic E-state index is 0.0103. The number of amides is 2. The molecule has 0 unspecified atom stereocenters. The molecule has 2 aromatic heterocycles. The summed E-state index contributed by atoms with van der Waals surface area (Å²) >= 11 is 2.42. The van der Waals surface area contributed by atoms with Gasteiger partial charge in [0.1, 0.15) is 10.8 Å². The van der Waals surface area contributed by atoms with Crippen LogP contribution in [0.5, 0.6) is 5.75 Å². The maximum absolute atomic E-state index is 12.1. The Labute approximate surface area is 176 Å². The molecule has 3 aromatic rings. The van der Waals surface area contributed by atoms with Gasteiger partial charge in [0, 0.05) is 5.69 Å². The van der Waals surface area contributed by atoms with Crippen molar-refractivity contribution >= 4 is 46.4 Å². The summed E-state index contributed by atoms with van der Waals surface area (Å²) in [5.41, 5.74) is 0.327. The SMILES string of the molecule is O=C(CSc1ccc(NC(=O)c2cccs2)nn1)Nc1ccc(OC(F)(F)F)cc1. The van der Waals surface area contributed by atoms with E-state index >= 15 is 0 Å². The molecule has 30 heavy (non-hydrogen) atoms. The summed E-state index contributed by atoms with van der Waals surface area (Å²) in [7, 11) is 0. The fourth-order valence-electron chi connectivity index (χ4n) is 2.13. The van der Waals surface area contributed by atoms with Crippen molar-refractivity contribution < 1.29 is 27.5 Å². The van der Waals surface area contributed by atoms with E-state index in [9.17, 15) is 22.8 Å². The zero-order valence-electron chi connectivity index (χ0n) is 15.0. The minimum Gasteiger partial charge on any atom is -0.406 e. The molecule has 0 aliphatic heterocycles. The van der Waals surface area contributed by atoms with Crippen LogP contribution in [0.2, 0.25) is 0 Å². The molecule has 0 fully saturated rings. The molecular weight excluding hydrogens is 441 g/mol. The number of hydrogen-bond acceptors (Lipinski definition) is 7. The molecule has 0 saturated carbocycles. The first-order valence-corrected chi connectivity index (χ1v) is 10.1. The molecule has 0 radical (unpaired) electrons. The van der Waals surface area contributed by atoms with E-state index in [2.05, 4.69) is 25.6 Å². The third-order valence-corrected chi connectivity index (χ3v) is 5.14. The average Bonchev–Trinajstić information content (AvgIpc) is 3.23. The van der Waals surface area contributed by atoms with E-state index in [1.54, 1.807) is 29.6 Å². The monoisotopic (exact) mass is 454 g/mol. The number of ether oxygens (including phenoxy) is 1. The Morgan fingerprint density at radius 2 is 1.80 bits per heavy atom. The van der Waals surface area contributed by atoms with Crippen molar-refractivity contribution in [2.24, 2.45) is 0 Å². The van der Waals surface area contributed by atoms with Crippen LogP contribution in [-0.4, -0.2) is 34.1 Å². The van der Waals surface area contributed by atoms with Crippen molar-refractivity contribution in [1.82, 2.24) is 10.2 Å². The Bertz CT molecular complexity index is 995. The lowest BCUT2D eigenvalue weighted by atomic mass is 10.3. The molecule has 0 spiro atoms. The first kappa shape index (κ1) is 21.6. The molecule has 2 heterocycles. The number of rotatable bonds is 7. The average molecular weight is 454 g/mol. The van der Waals surface area contributed by atoms with Crippen LogP contribution in [0.15, 0.2) is 58.9 Å². The van der Waals surface area contributed by atoms with E-state index in [1.165, 1.54) is 23.5 Å². The standard InChI is InChI=1S/C18H13F3N4O3S2/c19-18(20,21)28-12-5-3-11(4-6-12)22-15(26)10-30-16-8-7-14(24-25-16)23-17(27)13-2-1-9-29-13/h1-9H,10H2,(H,22,26)(H,23,24,27). The second-order valence-corrected chi connectivity index (χ2v) is 7.54. The van der Waals surface area contributed by atoms with Crippen LogP contribution in [0.1, 0.15) is 9.67 Å². The number of thiophene rings is 1.